The Bertz CT molecular complexity index is 236. The summed E-state index contributed by atoms with van der Waals surface area (Å²) in [6.07, 6.45) is 3.07. The van der Waals surface area contributed by atoms with Gasteiger partial charge in [0, 0.05) is 11.3 Å². The molecule has 1 N–H and O–H groups in total. The molecular weight excluding hydrogens is 152 g/mol. The number of carbonyl (C=O) groups is 1. The average molecular weight is 168 g/mol. The lowest BCUT2D eigenvalue weighted by atomic mass is 9.65. The van der Waals surface area contributed by atoms with Crippen LogP contribution in [0, 0.1) is 11.3 Å². The monoisotopic (exact) mass is 168 g/mol. The zero-order valence-corrected chi connectivity index (χ0v) is 8.09. The molecule has 1 rings (SSSR count). The highest BCUT2D eigenvalue weighted by Gasteiger charge is 2.44. The molecule has 0 fully saturated rings. The topological polar surface area (TPSA) is 37.3 Å². The van der Waals surface area contributed by atoms with Gasteiger partial charge in [-0.15, -0.1) is 0 Å². The fourth-order valence-corrected chi connectivity index (χ4v) is 1.55. The van der Waals surface area contributed by atoms with Crippen molar-refractivity contribution < 1.29 is 9.90 Å². The third-order valence-electron chi connectivity index (χ3n) is 3.17. The van der Waals surface area contributed by atoms with Crippen molar-refractivity contribution >= 4 is 5.78 Å². The first kappa shape index (κ1) is 9.46. The zero-order chi connectivity index (χ0) is 9.57. The van der Waals surface area contributed by atoms with Gasteiger partial charge in [0.05, 0.1) is 5.60 Å². The Hall–Kier alpha value is -0.630. The maximum atomic E-state index is 11.4. The van der Waals surface area contributed by atoms with Gasteiger partial charge < -0.3 is 5.11 Å². The molecule has 2 nitrogen and oxygen atoms in total. The molecule has 1 aliphatic carbocycles. The molecule has 2 atom stereocenters. The van der Waals surface area contributed by atoms with Crippen molar-refractivity contribution in [2.24, 2.45) is 11.3 Å². The van der Waals surface area contributed by atoms with Gasteiger partial charge >= 0.3 is 0 Å². The molecule has 0 saturated heterocycles. The van der Waals surface area contributed by atoms with Crippen LogP contribution in [0.5, 0.6) is 0 Å². The second kappa shape index (κ2) is 2.43. The predicted molar refractivity (Wildman–Crippen MR) is 47.7 cm³/mol. The van der Waals surface area contributed by atoms with E-state index < -0.39 is 11.0 Å². The second-order valence-electron chi connectivity index (χ2n) is 4.37. The van der Waals surface area contributed by atoms with E-state index in [1.165, 1.54) is 6.08 Å². The lowest BCUT2D eigenvalue weighted by molar-refractivity contribution is -0.131. The van der Waals surface area contributed by atoms with E-state index in [9.17, 15) is 9.90 Å². The van der Waals surface area contributed by atoms with Crippen LogP contribution in [0.2, 0.25) is 0 Å². The minimum absolute atomic E-state index is 0.0394. The largest absolute Gasteiger partial charge is 0.386 e. The Morgan fingerprint density at radius 1 is 1.42 bits per heavy atom. The number of aliphatic hydroxyl groups is 1. The van der Waals surface area contributed by atoms with Gasteiger partial charge in [-0.3, -0.25) is 4.79 Å². The van der Waals surface area contributed by atoms with Gasteiger partial charge in [-0.1, -0.05) is 20.8 Å². The van der Waals surface area contributed by atoms with Crippen molar-refractivity contribution in [3.63, 3.8) is 0 Å². The predicted octanol–water partition coefficient (Wildman–Crippen LogP) is 1.54. The van der Waals surface area contributed by atoms with Crippen LogP contribution in [0.1, 0.15) is 27.7 Å². The molecule has 2 unspecified atom stereocenters. The molecule has 0 heterocycles. The van der Waals surface area contributed by atoms with Crippen molar-refractivity contribution in [3.05, 3.63) is 12.2 Å². The Labute approximate surface area is 73.3 Å². The Balaban J connectivity index is 3.11. The summed E-state index contributed by atoms with van der Waals surface area (Å²) >= 11 is 0. The normalized spacial score (nSPS) is 40.1. The molecule has 1 aliphatic rings. The van der Waals surface area contributed by atoms with E-state index in [4.69, 9.17) is 0 Å². The van der Waals surface area contributed by atoms with Crippen molar-refractivity contribution in [3.8, 4) is 0 Å². The minimum Gasteiger partial charge on any atom is -0.386 e. The summed E-state index contributed by atoms with van der Waals surface area (Å²) < 4.78 is 0. The summed E-state index contributed by atoms with van der Waals surface area (Å²) in [6.45, 7) is 7.39. The molecule has 2 heteroatoms. The highest BCUT2D eigenvalue weighted by atomic mass is 16.3. The Kier molecular flexibility index (Phi) is 1.91. The number of carbonyl (C=O) groups excluding carboxylic acids is 1. The van der Waals surface area contributed by atoms with Gasteiger partial charge in [-0.05, 0) is 19.1 Å². The van der Waals surface area contributed by atoms with Crippen LogP contribution >= 0.6 is 0 Å². The van der Waals surface area contributed by atoms with E-state index >= 15 is 0 Å². The Morgan fingerprint density at radius 3 is 2.33 bits per heavy atom. The van der Waals surface area contributed by atoms with Crippen molar-refractivity contribution in [2.75, 3.05) is 0 Å². The van der Waals surface area contributed by atoms with Crippen molar-refractivity contribution in [1.82, 2.24) is 0 Å². The van der Waals surface area contributed by atoms with Gasteiger partial charge in [0.2, 0.25) is 0 Å². The molecule has 12 heavy (non-hydrogen) atoms. The summed E-state index contributed by atoms with van der Waals surface area (Å²) in [5.41, 5.74) is -1.30. The standard InChI is InChI=1S/C10H16O2/c1-7-9(2,3)8(11)5-6-10(7,4)12/h5-7,12H,1-4H3. The average Bonchev–Trinajstić information content (AvgIpc) is 1.96. The summed E-state index contributed by atoms with van der Waals surface area (Å²) in [5.74, 6) is 0.0593. The molecular formula is C10H16O2. The molecule has 0 aromatic carbocycles. The SMILES string of the molecule is CC1C(C)(O)C=CC(=O)C1(C)C. The number of rotatable bonds is 0. The molecule has 0 aliphatic heterocycles. The third-order valence-corrected chi connectivity index (χ3v) is 3.17. The minimum atomic E-state index is -0.850. The summed E-state index contributed by atoms with van der Waals surface area (Å²) in [4.78, 5) is 11.4. The summed E-state index contributed by atoms with van der Waals surface area (Å²) in [5, 5.41) is 9.86. The van der Waals surface area contributed by atoms with E-state index in [2.05, 4.69) is 0 Å². The van der Waals surface area contributed by atoms with Crippen LogP contribution in [0.3, 0.4) is 0 Å². The number of hydrogen-bond donors (Lipinski definition) is 1. The fraction of sp³-hybridized carbons (Fsp3) is 0.700. The molecule has 0 amide bonds. The first-order chi connectivity index (χ1) is 5.28. The number of ketones is 1. The van der Waals surface area contributed by atoms with Gasteiger partial charge in [-0.2, -0.15) is 0 Å². The smallest absolute Gasteiger partial charge is 0.161 e. The van der Waals surface area contributed by atoms with E-state index in [0.717, 1.165) is 0 Å². The van der Waals surface area contributed by atoms with Crippen LogP contribution in [-0.4, -0.2) is 16.5 Å². The second-order valence-corrected chi connectivity index (χ2v) is 4.37. The van der Waals surface area contributed by atoms with E-state index in [0.29, 0.717) is 0 Å². The first-order valence-electron chi connectivity index (χ1n) is 4.24. The number of allylic oxidation sites excluding steroid dienone is 1. The van der Waals surface area contributed by atoms with Crippen molar-refractivity contribution in [1.29, 1.82) is 0 Å². The third kappa shape index (κ3) is 1.20. The van der Waals surface area contributed by atoms with Crippen LogP contribution in [-0.2, 0) is 4.79 Å². The highest BCUT2D eigenvalue weighted by Crippen LogP contribution is 2.39. The molecule has 68 valence electrons. The van der Waals surface area contributed by atoms with E-state index in [-0.39, 0.29) is 11.7 Å². The van der Waals surface area contributed by atoms with Crippen LogP contribution in [0.4, 0.5) is 0 Å². The molecule has 0 aromatic heterocycles. The van der Waals surface area contributed by atoms with Crippen LogP contribution in [0.25, 0.3) is 0 Å². The van der Waals surface area contributed by atoms with Gasteiger partial charge in [0.15, 0.2) is 5.78 Å². The maximum Gasteiger partial charge on any atom is 0.161 e. The molecule has 0 saturated carbocycles. The molecule has 0 aromatic rings. The summed E-state index contributed by atoms with van der Waals surface area (Å²) in [6, 6.07) is 0. The van der Waals surface area contributed by atoms with Gasteiger partial charge in [0.1, 0.15) is 0 Å². The van der Waals surface area contributed by atoms with E-state index in [1.807, 2.05) is 20.8 Å². The Morgan fingerprint density at radius 2 is 1.92 bits per heavy atom. The molecule has 0 bridgehead atoms. The zero-order valence-electron chi connectivity index (χ0n) is 8.09. The van der Waals surface area contributed by atoms with Crippen molar-refractivity contribution in [2.45, 2.75) is 33.3 Å². The lowest BCUT2D eigenvalue weighted by Gasteiger charge is -2.41. The quantitative estimate of drug-likeness (QED) is 0.595. The van der Waals surface area contributed by atoms with E-state index in [1.54, 1.807) is 13.0 Å². The van der Waals surface area contributed by atoms with Crippen LogP contribution < -0.4 is 0 Å². The highest BCUT2D eigenvalue weighted by molar-refractivity contribution is 5.95. The summed E-state index contributed by atoms with van der Waals surface area (Å²) in [7, 11) is 0. The molecule has 0 radical (unpaired) electrons. The van der Waals surface area contributed by atoms with Crippen LogP contribution in [0.15, 0.2) is 12.2 Å². The number of hydrogen-bond acceptors (Lipinski definition) is 2. The lowest BCUT2D eigenvalue weighted by Crippen LogP contribution is -2.47. The first-order valence-corrected chi connectivity index (χ1v) is 4.24. The maximum absolute atomic E-state index is 11.4. The van der Waals surface area contributed by atoms with Gasteiger partial charge in [0.25, 0.3) is 0 Å². The molecule has 0 spiro atoms. The fourth-order valence-electron chi connectivity index (χ4n) is 1.55. The van der Waals surface area contributed by atoms with Gasteiger partial charge in [-0.25, -0.2) is 0 Å².